The van der Waals surface area contributed by atoms with Crippen molar-refractivity contribution in [1.29, 1.82) is 5.26 Å². The highest BCUT2D eigenvalue weighted by Gasteiger charge is 2.41. The summed E-state index contributed by atoms with van der Waals surface area (Å²) in [6, 6.07) is 10.7. The lowest BCUT2D eigenvalue weighted by molar-refractivity contribution is -0.904. The Hall–Kier alpha value is -5.16. The molecule has 2 aromatic carbocycles. The molecule has 1 atom stereocenters. The summed E-state index contributed by atoms with van der Waals surface area (Å²) in [4.78, 5) is 32.6. The summed E-state index contributed by atoms with van der Waals surface area (Å²) in [5.74, 6) is 0.124. The van der Waals surface area contributed by atoms with E-state index in [2.05, 4.69) is 35.3 Å². The minimum Gasteiger partial charge on any atom is -0.466 e. The predicted octanol–water partition coefficient (Wildman–Crippen LogP) is 4.20. The number of benzene rings is 2. The number of methoxy groups -OCH3 is 1. The number of H-pyrrole nitrogens is 1. The van der Waals surface area contributed by atoms with Crippen molar-refractivity contribution in [2.45, 2.75) is 32.1 Å². The number of carbonyl (C=O) groups is 1. The number of aryl methyl sites for hydroxylation is 1. The first kappa shape index (κ1) is 31.3. The van der Waals surface area contributed by atoms with Gasteiger partial charge < -0.3 is 13.8 Å². The molecule has 45 heavy (non-hydrogen) atoms. The number of alkyl halides is 3. The summed E-state index contributed by atoms with van der Waals surface area (Å²) in [6.07, 6.45) is -0.550. The molecule has 14 heteroatoms. The molecule has 234 valence electrons. The molecule has 5 rings (SSSR count). The van der Waals surface area contributed by atoms with Gasteiger partial charge in [-0.15, -0.1) is 5.10 Å². The molecular formula is C31H32F3N8O3+. The first-order chi connectivity index (χ1) is 21.3. The number of carbonyl (C=O) groups excluding carboxylic acids is 1. The van der Waals surface area contributed by atoms with Crippen LogP contribution in [0.15, 0.2) is 70.9 Å². The van der Waals surface area contributed by atoms with E-state index in [0.717, 1.165) is 18.0 Å². The van der Waals surface area contributed by atoms with E-state index in [0.29, 0.717) is 40.7 Å². The summed E-state index contributed by atoms with van der Waals surface area (Å²) in [7, 11) is 7.22. The Morgan fingerprint density at radius 1 is 1.20 bits per heavy atom. The van der Waals surface area contributed by atoms with Crippen LogP contribution in [-0.2, 0) is 35.7 Å². The second kappa shape index (κ2) is 11.7. The van der Waals surface area contributed by atoms with Crippen molar-refractivity contribution in [3.05, 3.63) is 105 Å². The number of ether oxygens (including phenoxy) is 1. The van der Waals surface area contributed by atoms with Gasteiger partial charge in [0.2, 0.25) is 5.95 Å². The second-order valence-corrected chi connectivity index (χ2v) is 11.5. The fraction of sp³-hybridized carbons (Fsp3) is 0.323. The number of hydrogen-bond donors (Lipinski definition) is 1. The number of allylic oxidation sites excluding steroid dienone is 1. The highest BCUT2D eigenvalue weighted by molar-refractivity contribution is 5.93. The minimum atomic E-state index is -4.62. The number of aromatic nitrogens is 5. The quantitative estimate of drug-likeness (QED) is 0.231. The fourth-order valence-corrected chi connectivity index (χ4v) is 5.67. The third-order valence-corrected chi connectivity index (χ3v) is 8.02. The topological polar surface area (TPSA) is 122 Å². The van der Waals surface area contributed by atoms with Gasteiger partial charge in [-0.3, -0.25) is 4.90 Å². The van der Waals surface area contributed by atoms with Crippen molar-refractivity contribution in [1.82, 2.24) is 24.3 Å². The van der Waals surface area contributed by atoms with E-state index < -0.39 is 29.4 Å². The van der Waals surface area contributed by atoms with Gasteiger partial charge in [-0.2, -0.15) is 18.4 Å². The molecule has 2 aromatic heterocycles. The Kier molecular flexibility index (Phi) is 8.15. The van der Waals surface area contributed by atoms with Crippen LogP contribution in [0.4, 0.5) is 24.8 Å². The van der Waals surface area contributed by atoms with Crippen LogP contribution < -0.4 is 10.6 Å². The molecule has 0 saturated heterocycles. The number of nitrogens with one attached hydrogen (secondary N) is 1. The number of imidazole rings is 1. The van der Waals surface area contributed by atoms with Crippen LogP contribution >= 0.6 is 0 Å². The Balaban J connectivity index is 1.65. The summed E-state index contributed by atoms with van der Waals surface area (Å²) in [5, 5.41) is 16.3. The van der Waals surface area contributed by atoms with E-state index in [4.69, 9.17) is 4.74 Å². The van der Waals surface area contributed by atoms with E-state index in [1.165, 1.54) is 28.7 Å². The molecule has 0 bridgehead atoms. The van der Waals surface area contributed by atoms with E-state index in [9.17, 15) is 28.0 Å². The zero-order valence-corrected chi connectivity index (χ0v) is 25.4. The predicted molar refractivity (Wildman–Crippen MR) is 158 cm³/mol. The summed E-state index contributed by atoms with van der Waals surface area (Å²) >= 11 is 0. The molecule has 0 amide bonds. The molecule has 4 aromatic rings. The van der Waals surface area contributed by atoms with Gasteiger partial charge in [0.05, 0.1) is 50.5 Å². The van der Waals surface area contributed by atoms with Crippen LogP contribution in [0, 0.1) is 11.3 Å². The molecule has 0 aliphatic carbocycles. The number of fused-ring (bicyclic) bond motifs is 1. The number of nitrogens with zero attached hydrogens (tertiary/aromatic N) is 7. The largest absolute Gasteiger partial charge is 0.466 e. The van der Waals surface area contributed by atoms with Crippen LogP contribution in [0.25, 0.3) is 0 Å². The maximum absolute atomic E-state index is 13.7. The van der Waals surface area contributed by atoms with Gasteiger partial charge >= 0.3 is 17.8 Å². The molecule has 1 unspecified atom stereocenters. The highest BCUT2D eigenvalue weighted by atomic mass is 19.4. The minimum absolute atomic E-state index is 0.00400. The number of quaternary nitrogens is 1. The number of aromatic amines is 1. The Morgan fingerprint density at radius 2 is 1.96 bits per heavy atom. The Labute approximate surface area is 257 Å². The number of hydrogen-bond acceptors (Lipinski definition) is 7. The fourth-order valence-electron chi connectivity index (χ4n) is 5.67. The first-order valence-electron chi connectivity index (χ1n) is 14.0. The zero-order chi connectivity index (χ0) is 32.7. The third kappa shape index (κ3) is 5.99. The van der Waals surface area contributed by atoms with Gasteiger partial charge in [0.15, 0.2) is 5.82 Å². The van der Waals surface area contributed by atoms with Crippen LogP contribution in [0.2, 0.25) is 0 Å². The molecule has 1 aliphatic rings. The lowest BCUT2D eigenvalue weighted by atomic mass is 9.89. The van der Waals surface area contributed by atoms with Crippen molar-refractivity contribution in [3.63, 3.8) is 0 Å². The molecule has 1 aliphatic heterocycles. The SMILES string of the molecule is COC(=O)C1=C(C)N(c2cccc(C(F)(F)F)c2)c2n[nH]c(=O)n2C1c1ccc(C#N)cc1CC[N+](C)(C)Cc1nccn1C. The normalized spacial score (nSPS) is 15.2. The van der Waals surface area contributed by atoms with Crippen molar-refractivity contribution in [2.75, 3.05) is 32.6 Å². The maximum atomic E-state index is 13.7. The van der Waals surface area contributed by atoms with Gasteiger partial charge in [0.1, 0.15) is 12.6 Å². The van der Waals surface area contributed by atoms with Gasteiger partial charge in [-0.1, -0.05) is 12.1 Å². The smallest absolute Gasteiger partial charge is 0.416 e. The molecular weight excluding hydrogens is 589 g/mol. The average Bonchev–Trinajstić information content (AvgIpc) is 3.58. The zero-order valence-electron chi connectivity index (χ0n) is 25.4. The number of likely N-dealkylation sites (N-methyl/N-ethyl adjacent to an activating group) is 1. The van der Waals surface area contributed by atoms with E-state index >= 15 is 0 Å². The third-order valence-electron chi connectivity index (χ3n) is 8.02. The van der Waals surface area contributed by atoms with Crippen LogP contribution in [-0.4, -0.2) is 62.5 Å². The van der Waals surface area contributed by atoms with Crippen molar-refractivity contribution in [2.24, 2.45) is 7.05 Å². The lowest BCUT2D eigenvalue weighted by Crippen LogP contribution is -2.41. The Bertz CT molecular complexity index is 1890. The number of anilines is 2. The standard InChI is InChI=1S/C31H31F3N8O3/c1-19-26(28(43)45-5)27(41-29(37-38-30(41)44)40(19)23-8-6-7-22(16-23)31(32,33)34)24-10-9-20(17-35)15-21(24)11-14-42(3,4)18-25-36-12-13-39(25)2/h6-10,12-13,15-16,27H,11,14,18H2,1-5H3/p+1. The molecule has 0 saturated carbocycles. The van der Waals surface area contributed by atoms with Crippen molar-refractivity contribution in [3.8, 4) is 6.07 Å². The second-order valence-electron chi connectivity index (χ2n) is 11.5. The van der Waals surface area contributed by atoms with Gasteiger partial charge in [0, 0.05) is 37.2 Å². The molecule has 3 heterocycles. The van der Waals surface area contributed by atoms with Crippen LogP contribution in [0.1, 0.15) is 41.0 Å². The number of nitriles is 1. The van der Waals surface area contributed by atoms with Gasteiger partial charge in [0.25, 0.3) is 0 Å². The maximum Gasteiger partial charge on any atom is 0.416 e. The summed E-state index contributed by atoms with van der Waals surface area (Å²) in [6.45, 7) is 2.81. The monoisotopic (exact) mass is 621 g/mol. The molecule has 0 radical (unpaired) electrons. The summed E-state index contributed by atoms with van der Waals surface area (Å²) < 4.78 is 49.8. The number of halogens is 3. The summed E-state index contributed by atoms with van der Waals surface area (Å²) in [5.41, 5.74) is 0.407. The van der Waals surface area contributed by atoms with E-state index in [-0.39, 0.29) is 22.9 Å². The van der Waals surface area contributed by atoms with Crippen molar-refractivity contribution < 1.29 is 27.2 Å². The highest BCUT2D eigenvalue weighted by Crippen LogP contribution is 2.43. The van der Waals surface area contributed by atoms with Crippen molar-refractivity contribution >= 4 is 17.6 Å². The van der Waals surface area contributed by atoms with Crippen LogP contribution in [0.3, 0.4) is 0 Å². The Morgan fingerprint density at radius 3 is 2.60 bits per heavy atom. The van der Waals surface area contributed by atoms with Gasteiger partial charge in [-0.25, -0.2) is 24.2 Å². The first-order valence-corrected chi connectivity index (χ1v) is 14.0. The number of esters is 1. The molecule has 0 fully saturated rings. The van der Waals surface area contributed by atoms with E-state index in [1.54, 1.807) is 31.3 Å². The molecule has 11 nitrogen and oxygen atoms in total. The van der Waals surface area contributed by atoms with Crippen LogP contribution in [0.5, 0.6) is 0 Å². The van der Waals surface area contributed by atoms with Gasteiger partial charge in [-0.05, 0) is 48.4 Å². The average molecular weight is 622 g/mol. The van der Waals surface area contributed by atoms with E-state index in [1.807, 2.05) is 17.8 Å². The molecule has 0 spiro atoms. The number of rotatable bonds is 8. The lowest BCUT2D eigenvalue weighted by Gasteiger charge is -2.36. The molecule has 1 N–H and O–H groups in total.